The summed E-state index contributed by atoms with van der Waals surface area (Å²) in [4.78, 5) is 5.33. The molecule has 0 saturated heterocycles. The lowest BCUT2D eigenvalue weighted by atomic mass is 10.6. The SMILES string of the molecule is Cc1cnc(CSC(=N)N)s1. The lowest BCUT2D eigenvalue weighted by Crippen LogP contribution is -2.03. The Balaban J connectivity index is 2.45. The van der Waals surface area contributed by atoms with Gasteiger partial charge in [-0.25, -0.2) is 4.98 Å². The lowest BCUT2D eigenvalue weighted by Gasteiger charge is -1.92. The van der Waals surface area contributed by atoms with Crippen molar-refractivity contribution >= 4 is 28.3 Å². The molecule has 0 fully saturated rings. The molecule has 5 heteroatoms. The van der Waals surface area contributed by atoms with E-state index in [1.807, 2.05) is 13.1 Å². The monoisotopic (exact) mass is 187 g/mol. The van der Waals surface area contributed by atoms with Gasteiger partial charge < -0.3 is 5.73 Å². The topological polar surface area (TPSA) is 62.8 Å². The number of nitrogens with one attached hydrogen (secondary N) is 1. The van der Waals surface area contributed by atoms with Gasteiger partial charge in [-0.3, -0.25) is 5.41 Å². The van der Waals surface area contributed by atoms with Crippen LogP contribution < -0.4 is 5.73 Å². The van der Waals surface area contributed by atoms with Gasteiger partial charge in [0.05, 0.1) is 5.75 Å². The summed E-state index contributed by atoms with van der Waals surface area (Å²) in [6.45, 7) is 2.01. The first-order valence-electron chi connectivity index (χ1n) is 3.06. The molecule has 0 aliphatic carbocycles. The van der Waals surface area contributed by atoms with Crippen LogP contribution in [0.2, 0.25) is 0 Å². The lowest BCUT2D eigenvalue weighted by molar-refractivity contribution is 1.26. The predicted molar refractivity (Wildman–Crippen MR) is 50.1 cm³/mol. The highest BCUT2D eigenvalue weighted by Gasteiger charge is 1.98. The van der Waals surface area contributed by atoms with Crippen LogP contribution in [0.1, 0.15) is 9.88 Å². The molecule has 60 valence electrons. The second kappa shape index (κ2) is 3.73. The summed E-state index contributed by atoms with van der Waals surface area (Å²) >= 11 is 2.95. The van der Waals surface area contributed by atoms with Gasteiger partial charge in [0.25, 0.3) is 0 Å². The molecule has 0 atom stereocenters. The molecule has 0 aliphatic heterocycles. The van der Waals surface area contributed by atoms with Crippen LogP contribution in [0.5, 0.6) is 0 Å². The molecular formula is C6H9N3S2. The van der Waals surface area contributed by atoms with Crippen LogP contribution in [0.15, 0.2) is 6.20 Å². The maximum Gasteiger partial charge on any atom is 0.151 e. The second-order valence-electron chi connectivity index (χ2n) is 2.02. The van der Waals surface area contributed by atoms with Crippen molar-refractivity contribution in [1.82, 2.24) is 4.98 Å². The third-order valence-electron chi connectivity index (χ3n) is 1.02. The Labute approximate surface area is 73.5 Å². The Hall–Kier alpha value is -0.550. The van der Waals surface area contributed by atoms with Gasteiger partial charge in [-0.15, -0.1) is 11.3 Å². The summed E-state index contributed by atoms with van der Waals surface area (Å²) in [5.74, 6) is 0.716. The number of hydrogen-bond acceptors (Lipinski definition) is 4. The summed E-state index contributed by atoms with van der Waals surface area (Å²) in [6, 6.07) is 0. The summed E-state index contributed by atoms with van der Waals surface area (Å²) in [5, 5.41) is 8.15. The van der Waals surface area contributed by atoms with Crippen molar-refractivity contribution in [3.05, 3.63) is 16.1 Å². The molecule has 3 nitrogen and oxygen atoms in total. The number of aromatic nitrogens is 1. The normalized spacial score (nSPS) is 9.91. The molecule has 0 radical (unpaired) electrons. The maximum absolute atomic E-state index is 6.97. The molecule has 0 aliphatic rings. The zero-order valence-corrected chi connectivity index (χ0v) is 7.76. The fraction of sp³-hybridized carbons (Fsp3) is 0.333. The average Bonchev–Trinajstić information content (AvgIpc) is 2.31. The minimum absolute atomic E-state index is 0.151. The molecule has 0 spiro atoms. The Morgan fingerprint density at radius 3 is 3.09 bits per heavy atom. The van der Waals surface area contributed by atoms with Crippen molar-refractivity contribution in [2.75, 3.05) is 0 Å². The molecule has 0 unspecified atom stereocenters. The van der Waals surface area contributed by atoms with E-state index >= 15 is 0 Å². The van der Waals surface area contributed by atoms with Gasteiger partial charge in [0.15, 0.2) is 5.17 Å². The molecule has 0 amide bonds. The van der Waals surface area contributed by atoms with Gasteiger partial charge in [0.2, 0.25) is 0 Å². The zero-order valence-electron chi connectivity index (χ0n) is 6.13. The average molecular weight is 187 g/mol. The highest BCUT2D eigenvalue weighted by molar-refractivity contribution is 8.13. The van der Waals surface area contributed by atoms with E-state index in [2.05, 4.69) is 4.98 Å². The van der Waals surface area contributed by atoms with Gasteiger partial charge >= 0.3 is 0 Å². The largest absolute Gasteiger partial charge is 0.379 e. The van der Waals surface area contributed by atoms with Crippen LogP contribution in [0, 0.1) is 12.3 Å². The van der Waals surface area contributed by atoms with Crippen LogP contribution in [0.25, 0.3) is 0 Å². The summed E-state index contributed by atoms with van der Waals surface area (Å²) in [5.41, 5.74) is 5.17. The van der Waals surface area contributed by atoms with Crippen molar-refractivity contribution in [2.45, 2.75) is 12.7 Å². The Morgan fingerprint density at radius 2 is 2.64 bits per heavy atom. The van der Waals surface area contributed by atoms with Crippen LogP contribution >= 0.6 is 23.1 Å². The second-order valence-corrected chi connectivity index (χ2v) is 4.35. The van der Waals surface area contributed by atoms with Crippen LogP contribution in [0.3, 0.4) is 0 Å². The van der Waals surface area contributed by atoms with Crippen molar-refractivity contribution in [3.63, 3.8) is 0 Å². The highest BCUT2D eigenvalue weighted by Crippen LogP contribution is 2.16. The van der Waals surface area contributed by atoms with E-state index in [1.54, 1.807) is 11.3 Å². The van der Waals surface area contributed by atoms with E-state index in [4.69, 9.17) is 11.1 Å². The van der Waals surface area contributed by atoms with E-state index in [0.29, 0.717) is 5.75 Å². The fourth-order valence-electron chi connectivity index (χ4n) is 0.608. The molecule has 0 bridgehead atoms. The predicted octanol–water partition coefficient (Wildman–Crippen LogP) is 1.58. The van der Waals surface area contributed by atoms with Crippen molar-refractivity contribution in [3.8, 4) is 0 Å². The number of thioether (sulfide) groups is 1. The van der Waals surface area contributed by atoms with Crippen molar-refractivity contribution in [2.24, 2.45) is 5.73 Å². The number of aryl methyl sites for hydroxylation is 1. The molecule has 11 heavy (non-hydrogen) atoms. The molecule has 0 saturated carbocycles. The third kappa shape index (κ3) is 2.90. The standard InChI is InChI=1S/C6H9N3S2/c1-4-2-9-5(11-4)3-10-6(7)8/h2H,3H2,1H3,(H3,7,8). The number of thiazole rings is 1. The maximum atomic E-state index is 6.97. The van der Waals surface area contributed by atoms with E-state index in [-0.39, 0.29) is 5.17 Å². The molecular weight excluding hydrogens is 178 g/mol. The molecule has 1 aromatic heterocycles. The Morgan fingerprint density at radius 1 is 1.91 bits per heavy atom. The van der Waals surface area contributed by atoms with Gasteiger partial charge in [-0.1, -0.05) is 11.8 Å². The summed E-state index contributed by atoms with van der Waals surface area (Å²) < 4.78 is 0. The van der Waals surface area contributed by atoms with Gasteiger partial charge in [0.1, 0.15) is 5.01 Å². The fourth-order valence-corrected chi connectivity index (χ4v) is 1.96. The highest BCUT2D eigenvalue weighted by atomic mass is 32.2. The zero-order chi connectivity index (χ0) is 8.27. The van der Waals surface area contributed by atoms with Crippen LogP contribution in [-0.4, -0.2) is 10.2 Å². The molecule has 3 N–H and O–H groups in total. The molecule has 1 rings (SSSR count). The summed E-state index contributed by atoms with van der Waals surface area (Å²) in [6.07, 6.45) is 1.83. The minimum atomic E-state index is 0.151. The first-order valence-corrected chi connectivity index (χ1v) is 4.87. The number of nitrogens with two attached hydrogens (primary N) is 1. The van der Waals surface area contributed by atoms with Gasteiger partial charge in [-0.05, 0) is 6.92 Å². The smallest absolute Gasteiger partial charge is 0.151 e. The Kier molecular flexibility index (Phi) is 2.90. The van der Waals surface area contributed by atoms with Crippen LogP contribution in [0.4, 0.5) is 0 Å². The van der Waals surface area contributed by atoms with E-state index < -0.39 is 0 Å². The number of nitrogens with zero attached hydrogens (tertiary/aromatic N) is 1. The first kappa shape index (κ1) is 8.55. The van der Waals surface area contributed by atoms with E-state index in [1.165, 1.54) is 16.6 Å². The third-order valence-corrected chi connectivity index (χ3v) is 2.84. The molecule has 1 aromatic rings. The Bertz CT molecular complexity index is 256. The number of amidine groups is 1. The number of rotatable bonds is 2. The molecule has 0 aromatic carbocycles. The molecule has 1 heterocycles. The quantitative estimate of drug-likeness (QED) is 0.546. The first-order chi connectivity index (χ1) is 5.18. The van der Waals surface area contributed by atoms with Gasteiger partial charge in [-0.2, -0.15) is 0 Å². The van der Waals surface area contributed by atoms with Crippen molar-refractivity contribution in [1.29, 1.82) is 5.41 Å². The number of hydrogen-bond donors (Lipinski definition) is 2. The minimum Gasteiger partial charge on any atom is -0.379 e. The van der Waals surface area contributed by atoms with Crippen molar-refractivity contribution < 1.29 is 0 Å². The van der Waals surface area contributed by atoms with E-state index in [0.717, 1.165) is 5.01 Å². The van der Waals surface area contributed by atoms with Gasteiger partial charge in [0, 0.05) is 11.1 Å². The van der Waals surface area contributed by atoms with Crippen LogP contribution in [-0.2, 0) is 5.75 Å². The van der Waals surface area contributed by atoms with E-state index in [9.17, 15) is 0 Å². The summed E-state index contributed by atoms with van der Waals surface area (Å²) in [7, 11) is 0.